The van der Waals surface area contributed by atoms with Gasteiger partial charge in [0.2, 0.25) is 0 Å². The smallest absolute Gasteiger partial charge is 0.257 e. The fraction of sp³-hybridized carbons (Fsp3) is 0. The molecule has 0 aliphatic rings. The quantitative estimate of drug-likeness (QED) is 0.310. The van der Waals surface area contributed by atoms with E-state index in [0.717, 1.165) is 0 Å². The van der Waals surface area contributed by atoms with Crippen LogP contribution in [-0.4, -0.2) is 35.0 Å². The summed E-state index contributed by atoms with van der Waals surface area (Å²) in [5, 5.41) is 0. The minimum Gasteiger partial charge on any atom is -0.514 e. The number of rotatable bonds is 0. The maximum Gasteiger partial charge on any atom is 0.257 e. The van der Waals surface area contributed by atoms with E-state index in [1.165, 1.54) is 0 Å². The Kier molecular flexibility index (Phi) is 20.6. The second kappa shape index (κ2) is 9.35. The Morgan fingerprint density at radius 3 is 1.25 bits per heavy atom. The van der Waals surface area contributed by atoms with E-state index in [9.17, 15) is 0 Å². The van der Waals surface area contributed by atoms with Crippen LogP contribution in [-0.2, 0) is 4.57 Å². The van der Waals surface area contributed by atoms with E-state index in [2.05, 4.69) is 20.7 Å². The monoisotopic (exact) mass is 45.0 g/mol. The molecule has 0 amide bonds. The molecule has 0 aliphatic carbocycles. The van der Waals surface area contributed by atoms with Gasteiger partial charge in [0, 0.05) is 18.9 Å². The van der Waals surface area contributed by atoms with Gasteiger partial charge in [-0.15, -0.1) is 0 Å². The number of hydrogen-bond acceptors (Lipinski definition) is 1. The Morgan fingerprint density at radius 2 is 1.25 bits per heavy atom. The van der Waals surface area contributed by atoms with Gasteiger partial charge in [-0.3, -0.25) is 0 Å². The molecule has 13 valence electrons. The predicted octanol–water partition coefficient (Wildman–Crippen LogP) is -1.21. The molecule has 0 bridgehead atoms. The fourth-order valence-electron chi connectivity index (χ4n) is 0. The van der Waals surface area contributed by atoms with Gasteiger partial charge in [0.05, 0.1) is 0 Å². The summed E-state index contributed by atoms with van der Waals surface area (Å²) in [5.74, 6) is 0. The third-order valence-corrected chi connectivity index (χ3v) is 0. The molecule has 0 saturated carbocycles. The maximum absolute atomic E-state index is 4.12. The predicted molar refractivity (Wildman–Crippen MR) is 18.3 cm³/mol. The second-order valence-corrected chi connectivity index (χ2v) is 0.136. The summed E-state index contributed by atoms with van der Waals surface area (Å²) in [7, 11) is 8.25. The van der Waals surface area contributed by atoms with Crippen molar-refractivity contribution in [2.24, 2.45) is 0 Å². The van der Waals surface area contributed by atoms with Gasteiger partial charge in [0.15, 0.2) is 0 Å². The molecule has 0 aromatic heterocycles. The van der Waals surface area contributed by atoms with Crippen LogP contribution in [0.25, 0.3) is 0 Å². The average Bonchev–Trinajstić information content (AvgIpc) is 0.918. The maximum atomic E-state index is 4.12. The molecular formula is B2LiO. The third kappa shape index (κ3) is 16.2. The van der Waals surface area contributed by atoms with Crippen LogP contribution in [0.1, 0.15) is 0 Å². The normalized spacial score (nSPS) is 4.00. The Bertz CT molecular complexity index is 6.00. The molecule has 0 rings (SSSR count). The Hall–Kier alpha value is 0.687. The van der Waals surface area contributed by atoms with Crippen molar-refractivity contribution in [2.75, 3.05) is 0 Å². The summed E-state index contributed by atoms with van der Waals surface area (Å²) in [6.07, 6.45) is 0. The van der Waals surface area contributed by atoms with Crippen LogP contribution >= 0.6 is 0 Å². The molecule has 0 spiro atoms. The van der Waals surface area contributed by atoms with Crippen LogP contribution in [0, 0.1) is 0 Å². The molecule has 5 radical (unpaired) electrons. The van der Waals surface area contributed by atoms with Gasteiger partial charge in [-0.2, -0.15) is 0 Å². The molecular weight excluding hydrogens is 44.6 g/mol. The largest absolute Gasteiger partial charge is 0.514 e. The Labute approximate surface area is 40.2 Å². The molecule has 0 heterocycles. The van der Waals surface area contributed by atoms with E-state index in [4.69, 9.17) is 0 Å². The molecule has 0 atom stereocenters. The first-order valence-corrected chi connectivity index (χ1v) is 0.471. The fourth-order valence-corrected chi connectivity index (χ4v) is 0. The Morgan fingerprint density at radius 1 is 1.25 bits per heavy atom. The van der Waals surface area contributed by atoms with Gasteiger partial charge >= 0.3 is 0 Å². The minimum absolute atomic E-state index is 0. The van der Waals surface area contributed by atoms with Crippen molar-refractivity contribution < 1.29 is 4.57 Å². The van der Waals surface area contributed by atoms with E-state index in [-0.39, 0.29) is 18.9 Å². The van der Waals surface area contributed by atoms with Gasteiger partial charge in [-0.05, 0) is 0 Å². The molecule has 0 N–H and O–H groups in total. The SMILES string of the molecule is [B]O[B].[Li]. The topological polar surface area (TPSA) is 9.23 Å². The van der Waals surface area contributed by atoms with Crippen LogP contribution < -0.4 is 0 Å². The van der Waals surface area contributed by atoms with E-state index in [0.29, 0.717) is 0 Å². The number of hydrogen-bond donors (Lipinski definition) is 0. The van der Waals surface area contributed by atoms with Crippen molar-refractivity contribution in [1.29, 1.82) is 0 Å². The molecule has 4 heavy (non-hydrogen) atoms. The third-order valence-electron chi connectivity index (χ3n) is 0. The summed E-state index contributed by atoms with van der Waals surface area (Å²) in [4.78, 5) is 0. The molecule has 4 heteroatoms. The van der Waals surface area contributed by atoms with Crippen LogP contribution in [0.4, 0.5) is 0 Å². The van der Waals surface area contributed by atoms with Gasteiger partial charge < -0.3 is 4.57 Å². The van der Waals surface area contributed by atoms with E-state index in [1.807, 2.05) is 0 Å². The van der Waals surface area contributed by atoms with Gasteiger partial charge in [0.25, 0.3) is 16.1 Å². The molecule has 1 nitrogen and oxygen atoms in total. The van der Waals surface area contributed by atoms with Crippen molar-refractivity contribution in [1.82, 2.24) is 0 Å². The zero-order valence-electron chi connectivity index (χ0n) is 2.56. The zero-order chi connectivity index (χ0) is 2.71. The summed E-state index contributed by atoms with van der Waals surface area (Å²) >= 11 is 0. The molecule has 0 aromatic rings. The average molecular weight is 44.6 g/mol. The van der Waals surface area contributed by atoms with Crippen molar-refractivity contribution in [3.63, 3.8) is 0 Å². The molecule has 0 saturated heterocycles. The van der Waals surface area contributed by atoms with Gasteiger partial charge in [0.1, 0.15) is 0 Å². The summed E-state index contributed by atoms with van der Waals surface area (Å²) in [5.41, 5.74) is 0. The van der Waals surface area contributed by atoms with E-state index in [1.54, 1.807) is 0 Å². The summed E-state index contributed by atoms with van der Waals surface area (Å²) < 4.78 is 3.25. The zero-order valence-corrected chi connectivity index (χ0v) is 2.56. The van der Waals surface area contributed by atoms with Crippen molar-refractivity contribution >= 4 is 35.0 Å². The molecule has 0 unspecified atom stereocenters. The molecule has 0 aromatic carbocycles. The van der Waals surface area contributed by atoms with E-state index < -0.39 is 0 Å². The van der Waals surface area contributed by atoms with E-state index >= 15 is 0 Å². The van der Waals surface area contributed by atoms with Crippen molar-refractivity contribution in [2.45, 2.75) is 0 Å². The minimum atomic E-state index is 0. The van der Waals surface area contributed by atoms with Crippen LogP contribution in [0.2, 0.25) is 0 Å². The first-order chi connectivity index (χ1) is 1.41. The molecule has 0 fully saturated rings. The first-order valence-electron chi connectivity index (χ1n) is 0.471. The summed E-state index contributed by atoms with van der Waals surface area (Å²) in [6, 6.07) is 0. The second-order valence-electron chi connectivity index (χ2n) is 0.136. The van der Waals surface area contributed by atoms with Gasteiger partial charge in [-0.1, -0.05) is 0 Å². The summed E-state index contributed by atoms with van der Waals surface area (Å²) in [6.45, 7) is 0. The van der Waals surface area contributed by atoms with Crippen LogP contribution in [0.3, 0.4) is 0 Å². The van der Waals surface area contributed by atoms with Crippen LogP contribution in [0.5, 0.6) is 0 Å². The Balaban J connectivity index is 0. The van der Waals surface area contributed by atoms with Crippen LogP contribution in [0.15, 0.2) is 0 Å². The molecule has 0 aliphatic heterocycles. The standard InChI is InChI=1S/B2O.Li/c1-3-2;. The first kappa shape index (κ1) is 8.82. The van der Waals surface area contributed by atoms with Crippen molar-refractivity contribution in [3.05, 3.63) is 0 Å². The van der Waals surface area contributed by atoms with Gasteiger partial charge in [-0.25, -0.2) is 0 Å². The van der Waals surface area contributed by atoms with Crippen molar-refractivity contribution in [3.8, 4) is 0 Å².